The second-order valence-electron chi connectivity index (χ2n) is 3.67. The van der Waals surface area contributed by atoms with E-state index in [0.29, 0.717) is 5.56 Å². The smallest absolute Gasteiger partial charge is 0.249 e. The van der Waals surface area contributed by atoms with Gasteiger partial charge in [0.05, 0.1) is 0 Å². The van der Waals surface area contributed by atoms with Crippen LogP contribution in [0.5, 0.6) is 0 Å². The lowest BCUT2D eigenvalue weighted by Crippen LogP contribution is -2.14. The first-order valence-electron chi connectivity index (χ1n) is 4.47. The van der Waals surface area contributed by atoms with E-state index in [9.17, 15) is 17.6 Å². The fraction of sp³-hybridized carbons (Fsp3) is 0.500. The van der Waals surface area contributed by atoms with Crippen LogP contribution in [-0.2, 0) is 6.18 Å². The van der Waals surface area contributed by atoms with Crippen LogP contribution in [0.2, 0.25) is 0 Å². The Morgan fingerprint density at radius 3 is 2.20 bits per heavy atom. The molecule has 0 bridgehead atoms. The van der Waals surface area contributed by atoms with Gasteiger partial charge in [0.1, 0.15) is 0 Å². The quantitative estimate of drug-likeness (QED) is 0.659. The molecule has 0 spiro atoms. The molecule has 0 aliphatic heterocycles. The van der Waals surface area contributed by atoms with Gasteiger partial charge in [0.15, 0.2) is 11.5 Å². The van der Waals surface area contributed by atoms with Crippen molar-refractivity contribution in [2.45, 2.75) is 32.9 Å². The number of hydrogen-bond acceptors (Lipinski definition) is 1. The Bertz CT molecular complexity index is 368. The predicted octanol–water partition coefficient (Wildman–Crippen LogP) is 3.67. The number of hydrogen-bond donors (Lipinski definition) is 0. The van der Waals surface area contributed by atoms with Crippen LogP contribution in [0.1, 0.15) is 36.6 Å². The number of aryl methyl sites for hydroxylation is 1. The Morgan fingerprint density at radius 1 is 1.27 bits per heavy atom. The van der Waals surface area contributed by atoms with Crippen molar-refractivity contribution in [1.29, 1.82) is 0 Å². The highest BCUT2D eigenvalue weighted by Gasteiger charge is 2.37. The summed E-state index contributed by atoms with van der Waals surface area (Å²) in [6, 6.07) is 0. The van der Waals surface area contributed by atoms with Crippen LogP contribution in [0.25, 0.3) is 0 Å². The van der Waals surface area contributed by atoms with E-state index in [1.807, 2.05) is 0 Å². The third-order valence-electron chi connectivity index (χ3n) is 2.10. The van der Waals surface area contributed by atoms with Crippen molar-refractivity contribution in [3.63, 3.8) is 0 Å². The molecule has 0 saturated carbocycles. The van der Waals surface area contributed by atoms with Gasteiger partial charge in [-0.05, 0) is 24.0 Å². The number of alkyl halides is 3. The Labute approximate surface area is 85.1 Å². The Balaban J connectivity index is 3.42. The molecule has 0 radical (unpaired) electrons. The maximum atomic E-state index is 13.5. The molecule has 0 aromatic carbocycles. The van der Waals surface area contributed by atoms with Gasteiger partial charge in [-0.3, -0.25) is 0 Å². The van der Waals surface area contributed by atoms with E-state index in [-0.39, 0.29) is 11.5 Å². The minimum absolute atomic E-state index is 0.0809. The van der Waals surface area contributed by atoms with E-state index in [2.05, 4.69) is 4.98 Å². The molecule has 0 saturated heterocycles. The lowest BCUT2D eigenvalue weighted by Gasteiger charge is -2.14. The summed E-state index contributed by atoms with van der Waals surface area (Å²) < 4.78 is 50.5. The Kier molecular flexibility index (Phi) is 3.02. The molecule has 5 heteroatoms. The predicted molar refractivity (Wildman–Crippen MR) is 48.0 cm³/mol. The molecule has 0 unspecified atom stereocenters. The van der Waals surface area contributed by atoms with Crippen LogP contribution >= 0.6 is 0 Å². The average Bonchev–Trinajstić information content (AvgIpc) is 2.00. The summed E-state index contributed by atoms with van der Waals surface area (Å²) in [5, 5.41) is 0. The van der Waals surface area contributed by atoms with Crippen molar-refractivity contribution in [2.75, 3.05) is 0 Å². The van der Waals surface area contributed by atoms with Crippen LogP contribution < -0.4 is 0 Å². The fourth-order valence-electron chi connectivity index (χ4n) is 1.49. The number of rotatable bonds is 1. The summed E-state index contributed by atoms with van der Waals surface area (Å²) in [5.74, 6) is -1.55. The molecule has 0 aliphatic rings. The van der Waals surface area contributed by atoms with Gasteiger partial charge in [-0.15, -0.1) is 0 Å². The largest absolute Gasteiger partial charge is 0.436 e. The van der Waals surface area contributed by atoms with E-state index in [4.69, 9.17) is 0 Å². The molecule has 0 N–H and O–H groups in total. The van der Waals surface area contributed by atoms with E-state index < -0.39 is 17.7 Å². The molecular weight excluding hydrogens is 210 g/mol. The zero-order chi connectivity index (χ0) is 11.8. The SMILES string of the molecule is Cc1cnc(C(F)(F)F)c(F)c1C(C)C. The van der Waals surface area contributed by atoms with Crippen LogP contribution in [-0.4, -0.2) is 4.98 Å². The van der Waals surface area contributed by atoms with Crippen molar-refractivity contribution in [3.05, 3.63) is 28.8 Å². The van der Waals surface area contributed by atoms with Crippen molar-refractivity contribution in [1.82, 2.24) is 4.98 Å². The number of aromatic nitrogens is 1. The Morgan fingerprint density at radius 2 is 1.80 bits per heavy atom. The summed E-state index contributed by atoms with van der Waals surface area (Å²) in [6.45, 7) is 4.84. The Hall–Kier alpha value is -1.13. The van der Waals surface area contributed by atoms with Gasteiger partial charge >= 0.3 is 6.18 Å². The molecule has 84 valence electrons. The lowest BCUT2D eigenvalue weighted by atomic mass is 9.98. The monoisotopic (exact) mass is 221 g/mol. The molecule has 15 heavy (non-hydrogen) atoms. The molecule has 0 aliphatic carbocycles. The van der Waals surface area contributed by atoms with E-state index in [1.165, 1.54) is 0 Å². The summed E-state index contributed by atoms with van der Waals surface area (Å²) in [5.41, 5.74) is -0.912. The topological polar surface area (TPSA) is 12.9 Å². The van der Waals surface area contributed by atoms with Gasteiger partial charge in [-0.25, -0.2) is 9.37 Å². The maximum Gasteiger partial charge on any atom is 0.436 e. The zero-order valence-electron chi connectivity index (χ0n) is 8.61. The second kappa shape index (κ2) is 3.79. The molecule has 1 heterocycles. The van der Waals surface area contributed by atoms with Gasteiger partial charge in [0.2, 0.25) is 0 Å². The molecule has 0 atom stereocenters. The highest BCUT2D eigenvalue weighted by atomic mass is 19.4. The first-order valence-corrected chi connectivity index (χ1v) is 4.47. The zero-order valence-corrected chi connectivity index (χ0v) is 8.61. The van der Waals surface area contributed by atoms with Crippen LogP contribution in [0.3, 0.4) is 0 Å². The van der Waals surface area contributed by atoms with Crippen molar-refractivity contribution < 1.29 is 17.6 Å². The van der Waals surface area contributed by atoms with Crippen molar-refractivity contribution in [2.24, 2.45) is 0 Å². The fourth-order valence-corrected chi connectivity index (χ4v) is 1.49. The average molecular weight is 221 g/mol. The van der Waals surface area contributed by atoms with Gasteiger partial charge in [-0.2, -0.15) is 13.2 Å². The molecule has 0 amide bonds. The van der Waals surface area contributed by atoms with Crippen molar-refractivity contribution >= 4 is 0 Å². The molecule has 1 rings (SSSR count). The molecule has 1 aromatic rings. The van der Waals surface area contributed by atoms with Crippen LogP contribution in [0.4, 0.5) is 17.6 Å². The summed E-state index contributed by atoms with van der Waals surface area (Å²) in [4.78, 5) is 3.09. The minimum atomic E-state index is -4.73. The third-order valence-corrected chi connectivity index (χ3v) is 2.10. The number of nitrogens with zero attached hydrogens (tertiary/aromatic N) is 1. The highest BCUT2D eigenvalue weighted by molar-refractivity contribution is 5.31. The first kappa shape index (κ1) is 11.9. The molecule has 0 fully saturated rings. The molecule has 1 aromatic heterocycles. The number of pyridine rings is 1. The minimum Gasteiger partial charge on any atom is -0.249 e. The van der Waals surface area contributed by atoms with E-state index >= 15 is 0 Å². The van der Waals surface area contributed by atoms with Crippen LogP contribution in [0, 0.1) is 12.7 Å². The summed E-state index contributed by atoms with van der Waals surface area (Å²) in [7, 11) is 0. The summed E-state index contributed by atoms with van der Waals surface area (Å²) in [6.07, 6.45) is -3.68. The van der Waals surface area contributed by atoms with Gasteiger partial charge in [0.25, 0.3) is 0 Å². The lowest BCUT2D eigenvalue weighted by molar-refractivity contribution is -0.143. The third kappa shape index (κ3) is 2.27. The molecule has 1 nitrogen and oxygen atoms in total. The van der Waals surface area contributed by atoms with Gasteiger partial charge < -0.3 is 0 Å². The number of halogens is 4. The second-order valence-corrected chi connectivity index (χ2v) is 3.67. The van der Waals surface area contributed by atoms with Gasteiger partial charge in [0, 0.05) is 6.20 Å². The van der Waals surface area contributed by atoms with Crippen molar-refractivity contribution in [3.8, 4) is 0 Å². The maximum absolute atomic E-state index is 13.5. The van der Waals surface area contributed by atoms with E-state index in [0.717, 1.165) is 6.20 Å². The van der Waals surface area contributed by atoms with E-state index in [1.54, 1.807) is 20.8 Å². The first-order chi connectivity index (χ1) is 6.75. The highest BCUT2D eigenvalue weighted by Crippen LogP contribution is 2.33. The standard InChI is InChI=1S/C10H11F4N/c1-5(2)7-6(3)4-15-9(8(7)11)10(12,13)14/h4-5H,1-3H3. The molecular formula is C10H11F4N. The van der Waals surface area contributed by atoms with Crippen LogP contribution in [0.15, 0.2) is 6.20 Å². The van der Waals surface area contributed by atoms with Gasteiger partial charge in [-0.1, -0.05) is 13.8 Å². The summed E-state index contributed by atoms with van der Waals surface area (Å²) >= 11 is 0. The normalized spacial score (nSPS) is 12.3.